The highest BCUT2D eigenvalue weighted by molar-refractivity contribution is 7.92. The second kappa shape index (κ2) is 8.29. The lowest BCUT2D eigenvalue weighted by Crippen LogP contribution is -2.54. The van der Waals surface area contributed by atoms with E-state index in [9.17, 15) is 9.35 Å². The van der Waals surface area contributed by atoms with Crippen molar-refractivity contribution in [3.63, 3.8) is 0 Å². The van der Waals surface area contributed by atoms with Crippen molar-refractivity contribution in [2.24, 2.45) is 0 Å². The van der Waals surface area contributed by atoms with E-state index < -0.39 is 11.2 Å². The van der Waals surface area contributed by atoms with Crippen molar-refractivity contribution in [2.45, 2.75) is 36.3 Å². The molecule has 160 valence electrons. The highest BCUT2D eigenvalue weighted by Crippen LogP contribution is 2.36. The molecule has 0 aromatic carbocycles. The molecule has 2 saturated heterocycles. The molecular weight excluding hydrogens is 426 g/mol. The van der Waals surface area contributed by atoms with Gasteiger partial charge in [0.05, 0.1) is 24.8 Å². The maximum Gasteiger partial charge on any atom is 0.341 e. The number of anilines is 2. The zero-order valence-corrected chi connectivity index (χ0v) is 18.3. The first-order chi connectivity index (χ1) is 14.6. The van der Waals surface area contributed by atoms with E-state index in [1.807, 2.05) is 11.9 Å². The van der Waals surface area contributed by atoms with Gasteiger partial charge in [0.2, 0.25) is 5.95 Å². The zero-order valence-electron chi connectivity index (χ0n) is 16.7. The van der Waals surface area contributed by atoms with E-state index in [2.05, 4.69) is 9.27 Å². The van der Waals surface area contributed by atoms with E-state index in [0.29, 0.717) is 36.4 Å². The molecule has 2 aromatic rings. The van der Waals surface area contributed by atoms with Gasteiger partial charge in [0.25, 0.3) is 4.90 Å². The van der Waals surface area contributed by atoms with Gasteiger partial charge in [-0.1, -0.05) is 0 Å². The number of nitrogens with zero attached hydrogens (tertiary/aromatic N) is 5. The Bertz CT molecular complexity index is 916. The predicted molar refractivity (Wildman–Crippen MR) is 115 cm³/mol. The predicted octanol–water partition coefficient (Wildman–Crippen LogP) is 1.60. The molecular formula is C19H24N5O4S2+. The van der Waals surface area contributed by atoms with Crippen LogP contribution in [0, 0.1) is 0 Å². The minimum absolute atomic E-state index is 0.182. The number of rotatable bonds is 5. The van der Waals surface area contributed by atoms with Gasteiger partial charge < -0.3 is 19.3 Å². The molecule has 30 heavy (non-hydrogen) atoms. The third kappa shape index (κ3) is 3.75. The number of ether oxygens (including phenoxy) is 2. The van der Waals surface area contributed by atoms with Gasteiger partial charge in [0.1, 0.15) is 11.8 Å². The number of hydrogen-bond acceptors (Lipinski definition) is 10. The van der Waals surface area contributed by atoms with Crippen molar-refractivity contribution in [3.05, 3.63) is 22.8 Å². The van der Waals surface area contributed by atoms with Crippen molar-refractivity contribution in [2.75, 3.05) is 48.9 Å². The van der Waals surface area contributed by atoms with Crippen molar-refractivity contribution in [3.8, 4) is 0 Å². The second-order valence-corrected chi connectivity index (χ2v) is 9.95. The molecule has 2 aromatic heterocycles. The van der Waals surface area contributed by atoms with Gasteiger partial charge in [0.15, 0.2) is 22.7 Å². The van der Waals surface area contributed by atoms with Crippen LogP contribution in [-0.4, -0.2) is 76.1 Å². The third-order valence-electron chi connectivity index (χ3n) is 5.82. The monoisotopic (exact) mass is 450 g/mol. The maximum absolute atomic E-state index is 12.1. The molecule has 5 rings (SSSR count). The first kappa shape index (κ1) is 20.0. The van der Waals surface area contributed by atoms with Crippen molar-refractivity contribution in [1.82, 2.24) is 14.3 Å². The first-order valence-corrected chi connectivity index (χ1v) is 12.3. The molecule has 3 aliphatic rings. The Hall–Kier alpha value is -1.95. The summed E-state index contributed by atoms with van der Waals surface area (Å²) in [4.78, 5) is 26.8. The van der Waals surface area contributed by atoms with E-state index >= 15 is 0 Å². The van der Waals surface area contributed by atoms with Gasteiger partial charge in [-0.05, 0) is 24.4 Å². The highest BCUT2D eigenvalue weighted by Gasteiger charge is 2.42. The standard InChI is InChI=1S/C19H24N5O4S2/c1-23(13-2-5-27-6-3-13)17-16-15(4-7-30(16)26)21-19(22-17)24-9-14(10-24)28-18(25)12-8-20-29-11-12/h8,11,13-14,26H,2-7,9-10H2,1H3/q+1. The summed E-state index contributed by atoms with van der Waals surface area (Å²) in [5, 5.41) is 1.69. The number of aryl methyl sites for hydroxylation is 1. The summed E-state index contributed by atoms with van der Waals surface area (Å²) in [7, 11) is 2.05. The van der Waals surface area contributed by atoms with Crippen LogP contribution in [0.5, 0.6) is 0 Å². The van der Waals surface area contributed by atoms with Crippen LogP contribution < -0.4 is 9.80 Å². The molecule has 0 spiro atoms. The van der Waals surface area contributed by atoms with Crippen LogP contribution in [0.4, 0.5) is 11.8 Å². The van der Waals surface area contributed by atoms with Gasteiger partial charge in [-0.25, -0.2) is 14.2 Å². The molecule has 2 fully saturated rings. The van der Waals surface area contributed by atoms with Crippen LogP contribution in [0.15, 0.2) is 16.5 Å². The Kier molecular flexibility index (Phi) is 5.52. The summed E-state index contributed by atoms with van der Waals surface area (Å²) in [6.07, 6.45) is 4.00. The first-order valence-electron chi connectivity index (χ1n) is 10.1. The maximum atomic E-state index is 12.1. The van der Waals surface area contributed by atoms with Gasteiger partial charge in [0, 0.05) is 38.1 Å². The lowest BCUT2D eigenvalue weighted by atomic mass is 10.1. The molecule has 1 unspecified atom stereocenters. The number of carbonyl (C=O) groups is 1. The van der Waals surface area contributed by atoms with E-state index in [1.165, 1.54) is 17.7 Å². The van der Waals surface area contributed by atoms with Crippen molar-refractivity contribution < 1.29 is 18.8 Å². The van der Waals surface area contributed by atoms with Crippen molar-refractivity contribution >= 4 is 40.4 Å². The summed E-state index contributed by atoms with van der Waals surface area (Å²) >= 11 is 0.419. The Morgan fingerprint density at radius 2 is 2.17 bits per heavy atom. The number of aromatic nitrogens is 3. The Morgan fingerprint density at radius 3 is 2.90 bits per heavy atom. The van der Waals surface area contributed by atoms with Crippen LogP contribution in [0.1, 0.15) is 28.9 Å². The quantitative estimate of drug-likeness (QED) is 0.538. The average molecular weight is 451 g/mol. The van der Waals surface area contributed by atoms with Crippen LogP contribution in [0.25, 0.3) is 0 Å². The Morgan fingerprint density at radius 1 is 1.37 bits per heavy atom. The molecule has 1 N–H and O–H groups in total. The van der Waals surface area contributed by atoms with Crippen LogP contribution >= 0.6 is 11.5 Å². The number of esters is 1. The fraction of sp³-hybridized carbons (Fsp3) is 0.579. The smallest absolute Gasteiger partial charge is 0.341 e. The summed E-state index contributed by atoms with van der Waals surface area (Å²) in [6.45, 7) is 2.62. The SMILES string of the molecule is CN(c1nc(N2CC(OC(=O)c3cnsc3)C2)nc2c1[S+](O)CC2)C1CCOCC1. The van der Waals surface area contributed by atoms with Crippen molar-refractivity contribution in [1.29, 1.82) is 0 Å². The third-order valence-corrected chi connectivity index (χ3v) is 7.89. The molecule has 0 saturated carbocycles. The minimum Gasteiger partial charge on any atom is -0.455 e. The lowest BCUT2D eigenvalue weighted by Gasteiger charge is -2.39. The van der Waals surface area contributed by atoms with Crippen LogP contribution in [0.2, 0.25) is 0 Å². The average Bonchev–Trinajstić information content (AvgIpc) is 3.40. The molecule has 0 amide bonds. The van der Waals surface area contributed by atoms with Crippen LogP contribution in [-0.2, 0) is 27.1 Å². The molecule has 3 aliphatic heterocycles. The highest BCUT2D eigenvalue weighted by atomic mass is 32.2. The number of fused-ring (bicyclic) bond motifs is 1. The molecule has 9 nitrogen and oxygen atoms in total. The zero-order chi connectivity index (χ0) is 20.7. The summed E-state index contributed by atoms with van der Waals surface area (Å²) < 4.78 is 25.5. The number of hydrogen-bond donors (Lipinski definition) is 1. The molecule has 1 atom stereocenters. The van der Waals surface area contributed by atoms with E-state index in [-0.39, 0.29) is 12.1 Å². The fourth-order valence-corrected chi connectivity index (χ4v) is 5.92. The Balaban J connectivity index is 1.32. The van der Waals surface area contributed by atoms with E-state index in [4.69, 9.17) is 19.4 Å². The minimum atomic E-state index is -0.813. The topological polar surface area (TPSA) is 101 Å². The summed E-state index contributed by atoms with van der Waals surface area (Å²) in [5.41, 5.74) is 1.42. The number of carbonyl (C=O) groups excluding carboxylic acids is 1. The molecule has 0 aliphatic carbocycles. The lowest BCUT2D eigenvalue weighted by molar-refractivity contribution is 0.0231. The van der Waals surface area contributed by atoms with Crippen LogP contribution in [0.3, 0.4) is 0 Å². The van der Waals surface area contributed by atoms with Gasteiger partial charge in [-0.15, -0.1) is 0 Å². The summed E-state index contributed by atoms with van der Waals surface area (Å²) in [5.74, 6) is 1.84. The van der Waals surface area contributed by atoms with Gasteiger partial charge in [-0.2, -0.15) is 9.54 Å². The molecule has 11 heteroatoms. The Labute approximate surface area is 181 Å². The largest absolute Gasteiger partial charge is 0.455 e. The summed E-state index contributed by atoms with van der Waals surface area (Å²) in [6, 6.07) is 0.340. The second-order valence-electron chi connectivity index (χ2n) is 7.74. The van der Waals surface area contributed by atoms with Gasteiger partial charge >= 0.3 is 5.97 Å². The van der Waals surface area contributed by atoms with E-state index in [1.54, 1.807) is 5.38 Å². The molecule has 0 bridgehead atoms. The van der Waals surface area contributed by atoms with E-state index in [0.717, 1.165) is 48.9 Å². The fourth-order valence-electron chi connectivity index (χ4n) is 4.00. The normalized spacial score (nSPS) is 21.9. The molecule has 5 heterocycles. The van der Waals surface area contributed by atoms with Gasteiger partial charge in [-0.3, -0.25) is 0 Å². The molecule has 0 radical (unpaired) electrons.